The Morgan fingerprint density at radius 1 is 1.03 bits per heavy atom. The average molecular weight is 465 g/mol. The first-order valence-corrected chi connectivity index (χ1v) is 11.7. The molecule has 0 spiro atoms. The van der Waals surface area contributed by atoms with Crippen molar-refractivity contribution in [3.63, 3.8) is 0 Å². The molecule has 2 aromatic rings. The van der Waals surface area contributed by atoms with E-state index in [1.165, 1.54) is 32.4 Å². The van der Waals surface area contributed by atoms with E-state index in [4.69, 9.17) is 18.9 Å². The summed E-state index contributed by atoms with van der Waals surface area (Å²) in [5, 5.41) is 0. The highest BCUT2D eigenvalue weighted by Crippen LogP contribution is 2.32. The number of rotatable bonds is 9. The molecule has 174 valence electrons. The maximum absolute atomic E-state index is 13.6. The third kappa shape index (κ3) is 5.25. The zero-order chi connectivity index (χ0) is 23.1. The SMILES string of the molecule is CCOc1ccc(N(CC(=O)N2CCOCC2)S(=O)(=O)c2ccc(OC)c(OC)c2)cc1. The summed E-state index contributed by atoms with van der Waals surface area (Å²) >= 11 is 0. The molecule has 1 saturated heterocycles. The molecule has 2 aromatic carbocycles. The minimum atomic E-state index is -4.09. The van der Waals surface area contributed by atoms with E-state index < -0.39 is 10.0 Å². The molecular formula is C22H28N2O7S. The number of benzene rings is 2. The van der Waals surface area contributed by atoms with Crippen LogP contribution in [0.3, 0.4) is 0 Å². The van der Waals surface area contributed by atoms with Crippen LogP contribution in [0.15, 0.2) is 47.4 Å². The molecule has 3 rings (SSSR count). The van der Waals surface area contributed by atoms with Gasteiger partial charge in [-0.1, -0.05) is 0 Å². The van der Waals surface area contributed by atoms with Crippen LogP contribution in [0.1, 0.15) is 6.92 Å². The van der Waals surface area contributed by atoms with Gasteiger partial charge in [-0.15, -0.1) is 0 Å². The summed E-state index contributed by atoms with van der Waals surface area (Å²) in [5.41, 5.74) is 0.352. The van der Waals surface area contributed by atoms with Crippen LogP contribution >= 0.6 is 0 Å². The molecule has 0 saturated carbocycles. The number of anilines is 1. The summed E-state index contributed by atoms with van der Waals surface area (Å²) < 4.78 is 49.6. The summed E-state index contributed by atoms with van der Waals surface area (Å²) in [6.45, 7) is 3.71. The second kappa shape index (κ2) is 10.6. The van der Waals surface area contributed by atoms with Crippen LogP contribution in [0.2, 0.25) is 0 Å². The van der Waals surface area contributed by atoms with Gasteiger partial charge in [0.05, 0.1) is 44.6 Å². The van der Waals surface area contributed by atoms with E-state index in [9.17, 15) is 13.2 Å². The molecule has 0 atom stereocenters. The standard InChI is InChI=1S/C22H28N2O7S/c1-4-31-18-7-5-17(6-8-18)24(16-22(25)23-11-13-30-14-12-23)32(26,27)19-9-10-20(28-2)21(15-19)29-3/h5-10,15H,4,11-14,16H2,1-3H3. The summed E-state index contributed by atoms with van der Waals surface area (Å²) in [6, 6.07) is 10.9. The normalized spacial score (nSPS) is 14.0. The van der Waals surface area contributed by atoms with Crippen molar-refractivity contribution in [1.82, 2.24) is 4.90 Å². The fraction of sp³-hybridized carbons (Fsp3) is 0.409. The van der Waals surface area contributed by atoms with Crippen LogP contribution < -0.4 is 18.5 Å². The highest BCUT2D eigenvalue weighted by Gasteiger charge is 2.30. The molecule has 10 heteroatoms. The van der Waals surface area contributed by atoms with Crippen LogP contribution in [0.25, 0.3) is 0 Å². The number of hydrogen-bond donors (Lipinski definition) is 0. The van der Waals surface area contributed by atoms with E-state index in [1.807, 2.05) is 6.92 Å². The van der Waals surface area contributed by atoms with Crippen LogP contribution in [0, 0.1) is 0 Å². The third-order valence-electron chi connectivity index (χ3n) is 5.02. The molecule has 32 heavy (non-hydrogen) atoms. The molecule has 1 aliphatic rings. The number of nitrogens with zero attached hydrogens (tertiary/aromatic N) is 2. The van der Waals surface area contributed by atoms with E-state index in [0.717, 1.165) is 4.31 Å². The van der Waals surface area contributed by atoms with E-state index in [2.05, 4.69) is 0 Å². The van der Waals surface area contributed by atoms with Crippen molar-refractivity contribution in [1.29, 1.82) is 0 Å². The lowest BCUT2D eigenvalue weighted by Gasteiger charge is -2.30. The van der Waals surface area contributed by atoms with Crippen LogP contribution in [-0.4, -0.2) is 72.9 Å². The maximum Gasteiger partial charge on any atom is 0.264 e. The Labute approximate surface area is 188 Å². The first kappa shape index (κ1) is 23.7. The van der Waals surface area contributed by atoms with E-state index >= 15 is 0 Å². The predicted molar refractivity (Wildman–Crippen MR) is 119 cm³/mol. The molecule has 0 bridgehead atoms. The van der Waals surface area contributed by atoms with E-state index in [0.29, 0.717) is 50.1 Å². The van der Waals surface area contributed by atoms with Crippen LogP contribution in [-0.2, 0) is 19.6 Å². The van der Waals surface area contributed by atoms with Gasteiger partial charge in [0.25, 0.3) is 10.0 Å². The molecule has 0 aliphatic carbocycles. The van der Waals surface area contributed by atoms with Gasteiger partial charge in [-0.3, -0.25) is 9.10 Å². The molecule has 0 N–H and O–H groups in total. The van der Waals surface area contributed by atoms with Crippen molar-refractivity contribution in [2.24, 2.45) is 0 Å². The number of hydrogen-bond acceptors (Lipinski definition) is 7. The first-order chi connectivity index (χ1) is 15.4. The summed E-state index contributed by atoms with van der Waals surface area (Å²) in [6.07, 6.45) is 0. The van der Waals surface area contributed by atoms with Crippen molar-refractivity contribution in [2.75, 3.05) is 58.0 Å². The lowest BCUT2D eigenvalue weighted by atomic mass is 10.3. The van der Waals surface area contributed by atoms with Crippen LogP contribution in [0.5, 0.6) is 17.2 Å². The molecule has 0 unspecified atom stereocenters. The molecule has 1 fully saturated rings. The van der Waals surface area contributed by atoms with Crippen molar-refractivity contribution < 1.29 is 32.2 Å². The Kier molecular flexibility index (Phi) is 7.81. The van der Waals surface area contributed by atoms with Crippen molar-refractivity contribution in [2.45, 2.75) is 11.8 Å². The molecule has 1 aliphatic heterocycles. The monoisotopic (exact) mass is 464 g/mol. The number of carbonyl (C=O) groups excluding carboxylic acids is 1. The first-order valence-electron chi connectivity index (χ1n) is 10.2. The highest BCUT2D eigenvalue weighted by molar-refractivity contribution is 7.92. The Morgan fingerprint density at radius 3 is 2.28 bits per heavy atom. The minimum absolute atomic E-state index is 0.0150. The van der Waals surface area contributed by atoms with Gasteiger partial charge >= 0.3 is 0 Å². The maximum atomic E-state index is 13.6. The van der Waals surface area contributed by atoms with Crippen molar-refractivity contribution in [3.05, 3.63) is 42.5 Å². The molecule has 1 heterocycles. The predicted octanol–water partition coefficient (Wildman–Crippen LogP) is 2.16. The number of ether oxygens (including phenoxy) is 4. The Balaban J connectivity index is 1.99. The Morgan fingerprint density at radius 2 is 1.69 bits per heavy atom. The second-order valence-corrected chi connectivity index (χ2v) is 8.81. The fourth-order valence-electron chi connectivity index (χ4n) is 3.33. The zero-order valence-corrected chi connectivity index (χ0v) is 19.3. The number of sulfonamides is 1. The number of amides is 1. The number of morpholine rings is 1. The van der Waals surface area contributed by atoms with E-state index in [-0.39, 0.29) is 23.1 Å². The Bertz CT molecular complexity index is 1020. The van der Waals surface area contributed by atoms with Gasteiger partial charge in [-0.25, -0.2) is 8.42 Å². The second-order valence-electron chi connectivity index (χ2n) is 6.95. The molecule has 0 aromatic heterocycles. The summed E-state index contributed by atoms with van der Waals surface area (Å²) in [4.78, 5) is 14.5. The van der Waals surface area contributed by atoms with Crippen molar-refractivity contribution in [3.8, 4) is 17.2 Å². The van der Waals surface area contributed by atoms with Gasteiger partial charge in [0.1, 0.15) is 12.3 Å². The highest BCUT2D eigenvalue weighted by atomic mass is 32.2. The minimum Gasteiger partial charge on any atom is -0.494 e. The zero-order valence-electron chi connectivity index (χ0n) is 18.4. The van der Waals surface area contributed by atoms with Gasteiger partial charge in [-0.05, 0) is 43.3 Å². The molecule has 9 nitrogen and oxygen atoms in total. The fourth-order valence-corrected chi connectivity index (χ4v) is 4.76. The lowest BCUT2D eigenvalue weighted by Crippen LogP contribution is -2.47. The van der Waals surface area contributed by atoms with Gasteiger partial charge < -0.3 is 23.8 Å². The van der Waals surface area contributed by atoms with Crippen molar-refractivity contribution >= 4 is 21.6 Å². The smallest absolute Gasteiger partial charge is 0.264 e. The quantitative estimate of drug-likeness (QED) is 0.561. The number of methoxy groups -OCH3 is 2. The third-order valence-corrected chi connectivity index (χ3v) is 6.79. The van der Waals surface area contributed by atoms with Gasteiger partial charge in [-0.2, -0.15) is 0 Å². The summed E-state index contributed by atoms with van der Waals surface area (Å²) in [5.74, 6) is 0.994. The number of carbonyl (C=O) groups is 1. The van der Waals surface area contributed by atoms with E-state index in [1.54, 1.807) is 29.2 Å². The summed E-state index contributed by atoms with van der Waals surface area (Å²) in [7, 11) is -1.19. The lowest BCUT2D eigenvalue weighted by molar-refractivity contribution is -0.133. The average Bonchev–Trinajstić information content (AvgIpc) is 2.83. The van der Waals surface area contributed by atoms with Crippen LogP contribution in [0.4, 0.5) is 5.69 Å². The molecule has 1 amide bonds. The Hall–Kier alpha value is -2.98. The van der Waals surface area contributed by atoms with Gasteiger partial charge in [0, 0.05) is 19.2 Å². The molecule has 0 radical (unpaired) electrons. The molecular weight excluding hydrogens is 436 g/mol. The van der Waals surface area contributed by atoms with Gasteiger partial charge in [0.15, 0.2) is 11.5 Å². The van der Waals surface area contributed by atoms with Gasteiger partial charge in [0.2, 0.25) is 5.91 Å². The largest absolute Gasteiger partial charge is 0.494 e. The topological polar surface area (TPSA) is 94.6 Å².